The summed E-state index contributed by atoms with van der Waals surface area (Å²) in [7, 11) is -0.660. The second-order valence-corrected chi connectivity index (χ2v) is 9.71. The summed E-state index contributed by atoms with van der Waals surface area (Å²) in [5.41, 5.74) is 4.65. The van der Waals surface area contributed by atoms with Gasteiger partial charge in [0.05, 0.1) is 25.7 Å². The zero-order chi connectivity index (χ0) is 24.2. The lowest BCUT2D eigenvalue weighted by molar-refractivity contribution is 0.415. The predicted octanol–water partition coefficient (Wildman–Crippen LogP) is 3.39. The van der Waals surface area contributed by atoms with Crippen LogP contribution >= 0.6 is 0 Å². The molecule has 5 aromatic heterocycles. The lowest BCUT2D eigenvalue weighted by atomic mass is 10.1. The van der Waals surface area contributed by atoms with Gasteiger partial charge in [0.15, 0.2) is 5.03 Å². The van der Waals surface area contributed by atoms with Crippen molar-refractivity contribution in [3.05, 3.63) is 79.6 Å². The average molecular weight is 486 g/mol. The number of benzene rings is 1. The molecule has 0 spiro atoms. The quantitative estimate of drug-likeness (QED) is 0.368. The third-order valence-electron chi connectivity index (χ3n) is 5.81. The molecule has 0 unspecified atom stereocenters. The number of ether oxygens (including phenoxy) is 1. The van der Waals surface area contributed by atoms with E-state index in [0.717, 1.165) is 32.1 Å². The summed E-state index contributed by atoms with van der Waals surface area (Å²) in [4.78, 5) is 8.70. The molecule has 174 valence electrons. The first kappa shape index (κ1) is 21.1. The Morgan fingerprint density at radius 3 is 2.34 bits per heavy atom. The summed E-state index contributed by atoms with van der Waals surface area (Å²) in [6.45, 7) is 0. The average Bonchev–Trinajstić information content (AvgIpc) is 3.61. The number of pyridine rings is 2. The van der Waals surface area contributed by atoms with Crippen LogP contribution in [0.1, 0.15) is 0 Å². The van der Waals surface area contributed by atoms with Gasteiger partial charge in [-0.2, -0.15) is 22.7 Å². The summed E-state index contributed by atoms with van der Waals surface area (Å²) >= 11 is 0. The molecule has 10 nitrogen and oxygen atoms in total. The minimum absolute atomic E-state index is 0.000331. The van der Waals surface area contributed by atoms with Gasteiger partial charge in [-0.05, 0) is 41.5 Å². The molecule has 0 fully saturated rings. The zero-order valence-electron chi connectivity index (χ0n) is 18.8. The van der Waals surface area contributed by atoms with E-state index < -0.39 is 10.0 Å². The van der Waals surface area contributed by atoms with Crippen molar-refractivity contribution in [1.29, 1.82) is 0 Å². The number of hydrogen-bond donors (Lipinski definition) is 0. The first-order valence-electron chi connectivity index (χ1n) is 10.6. The van der Waals surface area contributed by atoms with Gasteiger partial charge in [-0.3, -0.25) is 14.1 Å². The minimum atomic E-state index is -4.08. The van der Waals surface area contributed by atoms with E-state index >= 15 is 0 Å². The SMILES string of the molecule is COc1ccc(-c2ccc3ncc(S(=O)(=O)n4ncc5ncc(-c6cnn(C)c6)cc54)n3c2)cc1. The lowest BCUT2D eigenvalue weighted by Crippen LogP contribution is -2.16. The van der Waals surface area contributed by atoms with E-state index in [2.05, 4.69) is 20.2 Å². The van der Waals surface area contributed by atoms with Gasteiger partial charge in [0.1, 0.15) is 22.4 Å². The summed E-state index contributed by atoms with van der Waals surface area (Å²) in [6.07, 6.45) is 9.74. The van der Waals surface area contributed by atoms with Crippen molar-refractivity contribution in [2.45, 2.75) is 5.03 Å². The fraction of sp³-hybridized carbons (Fsp3) is 0.0833. The van der Waals surface area contributed by atoms with Gasteiger partial charge in [-0.15, -0.1) is 0 Å². The summed E-state index contributed by atoms with van der Waals surface area (Å²) in [5.74, 6) is 0.741. The minimum Gasteiger partial charge on any atom is -0.497 e. The molecule has 35 heavy (non-hydrogen) atoms. The van der Waals surface area contributed by atoms with E-state index in [4.69, 9.17) is 4.74 Å². The van der Waals surface area contributed by atoms with Crippen molar-refractivity contribution in [3.8, 4) is 28.0 Å². The van der Waals surface area contributed by atoms with Crippen LogP contribution in [0, 0.1) is 0 Å². The fourth-order valence-corrected chi connectivity index (χ4v) is 5.33. The Morgan fingerprint density at radius 1 is 0.800 bits per heavy atom. The van der Waals surface area contributed by atoms with Gasteiger partial charge in [0.25, 0.3) is 0 Å². The standard InChI is InChI=1S/C24H19N7O3S/c1-29-14-19(11-27-29)18-9-22-21(25-10-18)12-28-31(22)35(32,33)24-13-26-23-8-5-17(15-30(23)24)16-3-6-20(34-2)7-4-16/h3-15H,1-2H3. The van der Waals surface area contributed by atoms with Gasteiger partial charge < -0.3 is 4.74 Å². The highest BCUT2D eigenvalue weighted by Crippen LogP contribution is 2.27. The number of hydrogen-bond acceptors (Lipinski definition) is 7. The highest BCUT2D eigenvalue weighted by Gasteiger charge is 2.25. The van der Waals surface area contributed by atoms with Gasteiger partial charge in [-0.25, -0.2) is 4.98 Å². The lowest BCUT2D eigenvalue weighted by Gasteiger charge is -2.08. The molecule has 0 aliphatic heterocycles. The van der Waals surface area contributed by atoms with Gasteiger partial charge in [0.2, 0.25) is 0 Å². The van der Waals surface area contributed by atoms with Crippen LogP contribution in [-0.4, -0.2) is 48.9 Å². The second kappa shape index (κ2) is 7.77. The van der Waals surface area contributed by atoms with Crippen LogP contribution < -0.4 is 4.74 Å². The molecule has 6 rings (SSSR count). The Balaban J connectivity index is 1.47. The Kier molecular flexibility index (Phi) is 4.68. The second-order valence-electron chi connectivity index (χ2n) is 7.99. The maximum atomic E-state index is 13.7. The first-order valence-corrected chi connectivity index (χ1v) is 12.1. The van der Waals surface area contributed by atoms with E-state index in [1.807, 2.05) is 43.6 Å². The predicted molar refractivity (Wildman–Crippen MR) is 129 cm³/mol. The van der Waals surface area contributed by atoms with Crippen molar-refractivity contribution in [2.75, 3.05) is 7.11 Å². The highest BCUT2D eigenvalue weighted by molar-refractivity contribution is 7.90. The molecule has 0 amide bonds. The molecule has 1 aromatic carbocycles. The van der Waals surface area contributed by atoms with Crippen molar-refractivity contribution in [2.24, 2.45) is 7.05 Å². The molecule has 6 aromatic rings. The van der Waals surface area contributed by atoms with Crippen LogP contribution in [0.5, 0.6) is 5.75 Å². The van der Waals surface area contributed by atoms with Crippen LogP contribution in [0.2, 0.25) is 0 Å². The molecular formula is C24H19N7O3S. The largest absolute Gasteiger partial charge is 0.497 e. The number of rotatable bonds is 5. The van der Waals surface area contributed by atoms with Crippen molar-refractivity contribution in [1.82, 2.24) is 33.3 Å². The number of aromatic nitrogens is 7. The van der Waals surface area contributed by atoms with Crippen LogP contribution in [0.15, 0.2) is 84.7 Å². The third-order valence-corrected chi connectivity index (χ3v) is 7.39. The number of methoxy groups -OCH3 is 1. The molecule has 0 atom stereocenters. The number of nitrogens with zero attached hydrogens (tertiary/aromatic N) is 7. The van der Waals surface area contributed by atoms with Crippen molar-refractivity contribution >= 4 is 26.7 Å². The highest BCUT2D eigenvalue weighted by atomic mass is 32.2. The maximum absolute atomic E-state index is 13.7. The number of fused-ring (bicyclic) bond motifs is 2. The normalized spacial score (nSPS) is 11.9. The Bertz CT molecular complexity index is 1820. The molecule has 0 radical (unpaired) electrons. The summed E-state index contributed by atoms with van der Waals surface area (Å²) in [5, 5.41) is 8.34. The maximum Gasteiger partial charge on any atom is 0.301 e. The van der Waals surface area contributed by atoms with Crippen LogP contribution in [-0.2, 0) is 17.1 Å². The van der Waals surface area contributed by atoms with Crippen LogP contribution in [0.3, 0.4) is 0 Å². The van der Waals surface area contributed by atoms with E-state index in [0.29, 0.717) is 16.7 Å². The molecule has 0 aliphatic carbocycles. The smallest absolute Gasteiger partial charge is 0.301 e. The Labute approximate surface area is 200 Å². The van der Waals surface area contributed by atoms with E-state index in [1.165, 1.54) is 12.4 Å². The molecule has 0 N–H and O–H groups in total. The monoisotopic (exact) mass is 485 g/mol. The van der Waals surface area contributed by atoms with Crippen molar-refractivity contribution < 1.29 is 13.2 Å². The van der Waals surface area contributed by atoms with E-state index in [1.54, 1.807) is 46.9 Å². The molecule has 0 bridgehead atoms. The molecular weight excluding hydrogens is 466 g/mol. The Morgan fingerprint density at radius 2 is 1.60 bits per heavy atom. The molecule has 0 saturated heterocycles. The van der Waals surface area contributed by atoms with Gasteiger partial charge in [-0.1, -0.05) is 12.1 Å². The molecule has 5 heterocycles. The van der Waals surface area contributed by atoms with E-state index in [-0.39, 0.29) is 5.03 Å². The first-order chi connectivity index (χ1) is 16.9. The molecule has 11 heteroatoms. The fourth-order valence-electron chi connectivity index (χ4n) is 4.00. The Hall–Kier alpha value is -4.51. The summed E-state index contributed by atoms with van der Waals surface area (Å²) < 4.78 is 36.9. The molecule has 0 saturated carbocycles. The summed E-state index contributed by atoms with van der Waals surface area (Å²) in [6, 6.07) is 13.0. The molecule has 0 aliphatic rings. The number of imidazole rings is 1. The number of aryl methyl sites for hydroxylation is 1. The third kappa shape index (κ3) is 3.44. The topological polar surface area (TPSA) is 109 Å². The van der Waals surface area contributed by atoms with E-state index in [9.17, 15) is 8.42 Å². The van der Waals surface area contributed by atoms with Crippen LogP contribution in [0.4, 0.5) is 0 Å². The van der Waals surface area contributed by atoms with Gasteiger partial charge in [0, 0.05) is 36.8 Å². The van der Waals surface area contributed by atoms with Crippen LogP contribution in [0.25, 0.3) is 38.9 Å². The van der Waals surface area contributed by atoms with Gasteiger partial charge >= 0.3 is 10.0 Å². The zero-order valence-corrected chi connectivity index (χ0v) is 19.6. The van der Waals surface area contributed by atoms with Crippen molar-refractivity contribution in [3.63, 3.8) is 0 Å².